The highest BCUT2D eigenvalue weighted by Crippen LogP contribution is 2.28. The van der Waals surface area contributed by atoms with E-state index >= 15 is 0 Å². The number of rotatable bonds is 7. The van der Waals surface area contributed by atoms with E-state index in [1.807, 2.05) is 17.1 Å². The van der Waals surface area contributed by atoms with E-state index in [0.29, 0.717) is 17.6 Å². The van der Waals surface area contributed by atoms with Crippen LogP contribution >= 0.6 is 0 Å². The van der Waals surface area contributed by atoms with E-state index in [0.717, 1.165) is 0 Å². The Kier molecular flexibility index (Phi) is 6.51. The summed E-state index contributed by atoms with van der Waals surface area (Å²) in [6.45, 7) is 3.12. The maximum absolute atomic E-state index is 14.9. The average molecular weight is 479 g/mol. The highest BCUT2D eigenvalue weighted by atomic mass is 19.3. The molecule has 12 heteroatoms. The monoisotopic (exact) mass is 479 g/mol. The van der Waals surface area contributed by atoms with Crippen LogP contribution in [0.3, 0.4) is 0 Å². The van der Waals surface area contributed by atoms with Crippen LogP contribution in [0.25, 0.3) is 11.0 Å². The molecule has 34 heavy (non-hydrogen) atoms. The van der Waals surface area contributed by atoms with Crippen LogP contribution in [0.5, 0.6) is 5.75 Å². The van der Waals surface area contributed by atoms with Gasteiger partial charge in [-0.3, -0.25) is 14.5 Å². The quantitative estimate of drug-likeness (QED) is 0.399. The summed E-state index contributed by atoms with van der Waals surface area (Å²) in [6.07, 6.45) is -3.15. The highest BCUT2D eigenvalue weighted by molar-refractivity contribution is 5.92. The SMILES string of the molecule is Cc1nc2ccc(CN3CC(Oc4ccc(C(=O)NCC(F)F)nc4F)C3C)c(F)c2[nH]c1=O. The maximum atomic E-state index is 14.9. The van der Waals surface area contributed by atoms with Gasteiger partial charge in [0.2, 0.25) is 0 Å². The fourth-order valence-corrected chi connectivity index (χ4v) is 3.65. The zero-order chi connectivity index (χ0) is 24.6. The Bertz CT molecular complexity index is 1300. The predicted octanol–water partition coefficient (Wildman–Crippen LogP) is 2.55. The minimum absolute atomic E-state index is 0.0416. The normalized spacial score (nSPS) is 18.2. The lowest BCUT2D eigenvalue weighted by molar-refractivity contribution is -0.0437. The lowest BCUT2D eigenvalue weighted by Crippen LogP contribution is -2.60. The average Bonchev–Trinajstić information content (AvgIpc) is 2.80. The molecule has 2 N–H and O–H groups in total. The number of hydrogen-bond donors (Lipinski definition) is 2. The number of aromatic amines is 1. The number of nitrogens with zero attached hydrogens (tertiary/aromatic N) is 3. The van der Waals surface area contributed by atoms with Gasteiger partial charge < -0.3 is 15.0 Å². The molecular formula is C22H21F4N5O3. The number of nitrogens with one attached hydrogen (secondary N) is 2. The van der Waals surface area contributed by atoms with E-state index in [9.17, 15) is 27.2 Å². The molecule has 0 aliphatic carbocycles. The number of halogens is 4. The third-order valence-electron chi connectivity index (χ3n) is 5.70. The Hall–Kier alpha value is -3.54. The van der Waals surface area contributed by atoms with Gasteiger partial charge in [-0.25, -0.2) is 23.1 Å². The Balaban J connectivity index is 1.39. The molecule has 0 spiro atoms. The summed E-state index contributed by atoms with van der Waals surface area (Å²) in [7, 11) is 0. The Morgan fingerprint density at radius 3 is 2.71 bits per heavy atom. The molecule has 2 atom stereocenters. The molecule has 0 saturated carbocycles. The molecule has 180 valence electrons. The van der Waals surface area contributed by atoms with Crippen molar-refractivity contribution in [1.82, 2.24) is 25.2 Å². The van der Waals surface area contributed by atoms with Crippen molar-refractivity contribution in [2.45, 2.75) is 39.0 Å². The van der Waals surface area contributed by atoms with Gasteiger partial charge in [0.25, 0.3) is 23.8 Å². The van der Waals surface area contributed by atoms with Crippen molar-refractivity contribution in [2.24, 2.45) is 0 Å². The van der Waals surface area contributed by atoms with Crippen LogP contribution in [0.2, 0.25) is 0 Å². The van der Waals surface area contributed by atoms with E-state index in [1.54, 1.807) is 19.1 Å². The summed E-state index contributed by atoms with van der Waals surface area (Å²) in [6, 6.07) is 5.43. The summed E-state index contributed by atoms with van der Waals surface area (Å²) < 4.78 is 59.3. The number of ether oxygens (including phenoxy) is 1. The van der Waals surface area contributed by atoms with Crippen molar-refractivity contribution in [3.8, 4) is 5.75 Å². The number of pyridine rings is 1. The molecule has 2 unspecified atom stereocenters. The number of carbonyl (C=O) groups excluding carboxylic acids is 1. The first kappa shape index (κ1) is 23.6. The first-order chi connectivity index (χ1) is 16.1. The smallest absolute Gasteiger partial charge is 0.270 e. The number of aryl methyl sites for hydroxylation is 1. The van der Waals surface area contributed by atoms with Gasteiger partial charge in [-0.15, -0.1) is 0 Å². The van der Waals surface area contributed by atoms with E-state index in [-0.39, 0.29) is 35.2 Å². The molecule has 1 aliphatic heterocycles. The van der Waals surface area contributed by atoms with Crippen LogP contribution in [-0.2, 0) is 6.54 Å². The van der Waals surface area contributed by atoms with Gasteiger partial charge in [0.05, 0.1) is 12.1 Å². The van der Waals surface area contributed by atoms with Crippen molar-refractivity contribution in [3.05, 3.63) is 63.3 Å². The van der Waals surface area contributed by atoms with Crippen molar-refractivity contribution in [1.29, 1.82) is 0 Å². The second-order valence-corrected chi connectivity index (χ2v) is 8.00. The number of aromatic nitrogens is 3. The van der Waals surface area contributed by atoms with E-state index in [4.69, 9.17) is 4.74 Å². The second kappa shape index (κ2) is 9.37. The standard InChI is InChI=1S/C22H21F4N5O3/c1-10-21(32)30-19-13(28-10)4-3-12(18(19)25)8-31-9-16(11(31)2)34-15-6-5-14(29-20(15)26)22(33)27-7-17(23)24/h3-6,11,16-17H,7-9H2,1-2H3,(H,27,33)(H,30,32). The number of fused-ring (bicyclic) bond motifs is 1. The van der Waals surface area contributed by atoms with Crippen LogP contribution in [0.4, 0.5) is 17.6 Å². The summed E-state index contributed by atoms with van der Waals surface area (Å²) in [5.74, 6) is -2.70. The van der Waals surface area contributed by atoms with Gasteiger partial charge in [0.15, 0.2) is 11.6 Å². The molecule has 8 nitrogen and oxygen atoms in total. The minimum Gasteiger partial charge on any atom is -0.483 e. The number of likely N-dealkylation sites (tertiary alicyclic amines) is 1. The molecule has 2 aromatic heterocycles. The molecule has 1 aliphatic rings. The van der Waals surface area contributed by atoms with Crippen LogP contribution < -0.4 is 15.6 Å². The summed E-state index contributed by atoms with van der Waals surface area (Å²) >= 11 is 0. The summed E-state index contributed by atoms with van der Waals surface area (Å²) in [4.78, 5) is 35.5. The van der Waals surface area contributed by atoms with Crippen molar-refractivity contribution < 1.29 is 27.1 Å². The lowest BCUT2D eigenvalue weighted by Gasteiger charge is -2.45. The Morgan fingerprint density at radius 1 is 1.26 bits per heavy atom. The molecular weight excluding hydrogens is 458 g/mol. The maximum Gasteiger partial charge on any atom is 0.270 e. The van der Waals surface area contributed by atoms with Crippen molar-refractivity contribution >= 4 is 16.9 Å². The van der Waals surface area contributed by atoms with Gasteiger partial charge >= 0.3 is 0 Å². The van der Waals surface area contributed by atoms with Gasteiger partial charge in [0.1, 0.15) is 23.0 Å². The van der Waals surface area contributed by atoms with Crippen LogP contribution in [-0.4, -0.2) is 57.4 Å². The largest absolute Gasteiger partial charge is 0.483 e. The molecule has 3 aromatic rings. The second-order valence-electron chi connectivity index (χ2n) is 8.00. The fraction of sp³-hybridized carbons (Fsp3) is 0.364. The summed E-state index contributed by atoms with van der Waals surface area (Å²) in [5, 5.41) is 1.95. The zero-order valence-electron chi connectivity index (χ0n) is 18.2. The number of H-pyrrole nitrogens is 1. The van der Waals surface area contributed by atoms with E-state index < -0.39 is 42.3 Å². The third kappa shape index (κ3) is 4.72. The molecule has 3 heterocycles. The minimum atomic E-state index is -2.73. The first-order valence-corrected chi connectivity index (χ1v) is 10.5. The van der Waals surface area contributed by atoms with E-state index in [1.165, 1.54) is 12.1 Å². The molecule has 1 saturated heterocycles. The Labute approximate surface area is 191 Å². The number of amides is 1. The molecule has 4 rings (SSSR count). The molecule has 0 radical (unpaired) electrons. The predicted molar refractivity (Wildman–Crippen MR) is 114 cm³/mol. The molecule has 0 bridgehead atoms. The number of benzene rings is 1. The van der Waals surface area contributed by atoms with Crippen LogP contribution in [0, 0.1) is 18.7 Å². The number of alkyl halides is 2. The fourth-order valence-electron chi connectivity index (χ4n) is 3.65. The van der Waals surface area contributed by atoms with E-state index in [2.05, 4.69) is 15.0 Å². The number of hydrogen-bond acceptors (Lipinski definition) is 6. The van der Waals surface area contributed by atoms with Gasteiger partial charge in [-0.05, 0) is 32.0 Å². The van der Waals surface area contributed by atoms with Crippen LogP contribution in [0.1, 0.15) is 28.7 Å². The lowest BCUT2D eigenvalue weighted by atomic mass is 9.99. The molecule has 1 fully saturated rings. The third-order valence-corrected chi connectivity index (χ3v) is 5.70. The van der Waals surface area contributed by atoms with Crippen molar-refractivity contribution in [2.75, 3.05) is 13.1 Å². The number of carbonyl (C=O) groups is 1. The summed E-state index contributed by atoms with van der Waals surface area (Å²) in [5.41, 5.74) is 0.210. The van der Waals surface area contributed by atoms with Crippen molar-refractivity contribution in [3.63, 3.8) is 0 Å². The Morgan fingerprint density at radius 2 is 2.03 bits per heavy atom. The van der Waals surface area contributed by atoms with Gasteiger partial charge in [-0.2, -0.15) is 4.39 Å². The highest BCUT2D eigenvalue weighted by Gasteiger charge is 2.38. The first-order valence-electron chi connectivity index (χ1n) is 10.5. The molecule has 1 amide bonds. The van der Waals surface area contributed by atoms with Gasteiger partial charge in [0, 0.05) is 24.7 Å². The molecule has 1 aromatic carbocycles. The zero-order valence-corrected chi connectivity index (χ0v) is 18.2. The van der Waals surface area contributed by atoms with Gasteiger partial charge in [-0.1, -0.05) is 6.07 Å². The topological polar surface area (TPSA) is 100 Å². The van der Waals surface area contributed by atoms with Crippen LogP contribution in [0.15, 0.2) is 29.1 Å².